The van der Waals surface area contributed by atoms with Crippen molar-refractivity contribution in [1.29, 1.82) is 0 Å². The van der Waals surface area contributed by atoms with E-state index in [1.807, 2.05) is 0 Å². The van der Waals surface area contributed by atoms with E-state index in [-0.39, 0.29) is 25.3 Å². The van der Waals surface area contributed by atoms with Gasteiger partial charge in [0, 0.05) is 13.0 Å². The van der Waals surface area contributed by atoms with Crippen molar-refractivity contribution in [1.82, 2.24) is 26.6 Å². The van der Waals surface area contributed by atoms with Crippen molar-refractivity contribution in [2.24, 2.45) is 22.4 Å². The molecule has 224 valence electrons. The number of amides is 5. The van der Waals surface area contributed by atoms with Gasteiger partial charge in [-0.15, -0.1) is 0 Å². The van der Waals surface area contributed by atoms with Gasteiger partial charge in [-0.3, -0.25) is 33.8 Å². The molecule has 1 aliphatic heterocycles. The second-order valence-corrected chi connectivity index (χ2v) is 9.93. The first-order chi connectivity index (χ1) is 19.4. The second kappa shape index (κ2) is 15.8. The number of rotatable bonds is 9. The zero-order valence-corrected chi connectivity index (χ0v) is 23.0. The first kappa shape index (κ1) is 32.5. The summed E-state index contributed by atoms with van der Waals surface area (Å²) in [6.07, 6.45) is -0.341. The fourth-order valence-electron chi connectivity index (χ4n) is 4.07. The number of hydrogen-bond donors (Lipinski definition) is 8. The molecular formula is C26H38N8O7. The van der Waals surface area contributed by atoms with Crippen LogP contribution in [0.2, 0.25) is 0 Å². The van der Waals surface area contributed by atoms with Crippen LogP contribution >= 0.6 is 0 Å². The van der Waals surface area contributed by atoms with Crippen molar-refractivity contribution in [3.05, 3.63) is 35.9 Å². The Kier molecular flexibility index (Phi) is 12.5. The minimum Gasteiger partial charge on any atom is -0.481 e. The molecule has 0 radical (unpaired) electrons. The summed E-state index contributed by atoms with van der Waals surface area (Å²) in [5.41, 5.74) is 11.4. The standard InChI is InChI=1S/C26H38N8O7/c1-14(2)21-25(41)33-17(11-15-7-4-3-5-8-15)24(40)32-18(12-20(36)37)22(38)30-13-19(35)31-16(23(39)34-21)9-6-10-29-26(27)28/h3-5,7-8,14,16-18,21H,6,9-13H2,1-2H3,(H,30,38)(H,31,35)(H,32,40)(H,33,41)(H,34,39)(H,36,37)(H4,27,28,29)/t16-,17+,18-,21-/m0/s1. The Bertz CT molecular complexity index is 1140. The highest BCUT2D eigenvalue weighted by Crippen LogP contribution is 2.09. The molecule has 1 heterocycles. The van der Waals surface area contributed by atoms with E-state index in [9.17, 15) is 33.9 Å². The number of nitrogens with zero attached hydrogens (tertiary/aromatic N) is 1. The van der Waals surface area contributed by atoms with Gasteiger partial charge in [0.2, 0.25) is 29.5 Å². The third kappa shape index (κ3) is 11.1. The van der Waals surface area contributed by atoms with Crippen LogP contribution in [-0.4, -0.2) is 83.8 Å². The van der Waals surface area contributed by atoms with Gasteiger partial charge in [-0.25, -0.2) is 0 Å². The molecule has 5 amide bonds. The predicted octanol–water partition coefficient (Wildman–Crippen LogP) is -2.52. The van der Waals surface area contributed by atoms with Crippen LogP contribution in [0, 0.1) is 5.92 Å². The van der Waals surface area contributed by atoms with Crippen LogP contribution in [0.1, 0.15) is 38.7 Å². The highest BCUT2D eigenvalue weighted by molar-refractivity contribution is 5.98. The number of aliphatic carboxylic acids is 1. The van der Waals surface area contributed by atoms with Crippen LogP contribution in [0.4, 0.5) is 0 Å². The first-order valence-electron chi connectivity index (χ1n) is 13.2. The number of aliphatic imine (C=N–C) groups is 1. The Morgan fingerprint density at radius 3 is 2.15 bits per heavy atom. The molecular weight excluding hydrogens is 536 g/mol. The number of guanidine groups is 1. The van der Waals surface area contributed by atoms with E-state index < -0.39 is 78.6 Å². The number of nitrogens with one attached hydrogen (secondary N) is 5. The molecule has 0 aliphatic carbocycles. The highest BCUT2D eigenvalue weighted by atomic mass is 16.4. The van der Waals surface area contributed by atoms with E-state index in [4.69, 9.17) is 11.5 Å². The predicted molar refractivity (Wildman–Crippen MR) is 148 cm³/mol. The van der Waals surface area contributed by atoms with E-state index in [2.05, 4.69) is 31.6 Å². The molecule has 0 aromatic heterocycles. The Morgan fingerprint density at radius 1 is 0.902 bits per heavy atom. The Hall–Kier alpha value is -4.69. The van der Waals surface area contributed by atoms with Gasteiger partial charge < -0.3 is 43.2 Å². The molecule has 15 heteroatoms. The third-order valence-electron chi connectivity index (χ3n) is 6.19. The maximum atomic E-state index is 13.4. The van der Waals surface area contributed by atoms with Gasteiger partial charge >= 0.3 is 5.97 Å². The molecule has 1 aliphatic rings. The van der Waals surface area contributed by atoms with E-state index >= 15 is 0 Å². The van der Waals surface area contributed by atoms with E-state index in [1.165, 1.54) is 0 Å². The fourth-order valence-corrected chi connectivity index (χ4v) is 4.07. The molecule has 2 rings (SSSR count). The maximum absolute atomic E-state index is 13.4. The molecule has 1 aromatic carbocycles. The van der Waals surface area contributed by atoms with Gasteiger partial charge in [-0.2, -0.15) is 0 Å². The third-order valence-corrected chi connectivity index (χ3v) is 6.19. The van der Waals surface area contributed by atoms with Gasteiger partial charge in [-0.1, -0.05) is 44.2 Å². The van der Waals surface area contributed by atoms with Gasteiger partial charge in [-0.05, 0) is 24.3 Å². The average molecular weight is 575 g/mol. The van der Waals surface area contributed by atoms with Gasteiger partial charge in [0.15, 0.2) is 5.96 Å². The van der Waals surface area contributed by atoms with Crippen LogP contribution in [0.5, 0.6) is 0 Å². The quantitative estimate of drug-likeness (QED) is 0.0879. The molecule has 0 unspecified atom stereocenters. The van der Waals surface area contributed by atoms with E-state index in [0.29, 0.717) is 12.0 Å². The normalized spacial score (nSPS) is 22.7. The molecule has 0 saturated carbocycles. The summed E-state index contributed by atoms with van der Waals surface area (Å²) in [4.78, 5) is 80.7. The van der Waals surface area contributed by atoms with Gasteiger partial charge in [0.1, 0.15) is 24.2 Å². The molecule has 4 atom stereocenters. The fraction of sp³-hybridized carbons (Fsp3) is 0.500. The summed E-state index contributed by atoms with van der Waals surface area (Å²) in [6.45, 7) is 2.98. The van der Waals surface area contributed by atoms with Crippen molar-refractivity contribution in [3.8, 4) is 0 Å². The van der Waals surface area contributed by atoms with Gasteiger partial charge in [0.05, 0.1) is 13.0 Å². The van der Waals surface area contributed by atoms with Crippen molar-refractivity contribution < 1.29 is 33.9 Å². The molecule has 0 bridgehead atoms. The van der Waals surface area contributed by atoms with Crippen LogP contribution < -0.4 is 38.1 Å². The summed E-state index contributed by atoms with van der Waals surface area (Å²) in [5, 5.41) is 21.8. The lowest BCUT2D eigenvalue weighted by atomic mass is 10.00. The monoisotopic (exact) mass is 574 g/mol. The summed E-state index contributed by atoms with van der Waals surface area (Å²) >= 11 is 0. The first-order valence-corrected chi connectivity index (χ1v) is 13.2. The molecule has 10 N–H and O–H groups in total. The van der Waals surface area contributed by atoms with Crippen LogP contribution in [-0.2, 0) is 35.2 Å². The Labute approximate surface area is 237 Å². The lowest BCUT2D eigenvalue weighted by Crippen LogP contribution is -2.59. The molecule has 0 spiro atoms. The minimum absolute atomic E-state index is 0.0199. The molecule has 15 nitrogen and oxygen atoms in total. The van der Waals surface area contributed by atoms with Crippen LogP contribution in [0.25, 0.3) is 0 Å². The number of carbonyl (C=O) groups excluding carboxylic acids is 5. The average Bonchev–Trinajstić information content (AvgIpc) is 2.90. The molecule has 1 aromatic rings. The summed E-state index contributed by atoms with van der Waals surface area (Å²) in [6, 6.07) is 3.79. The lowest BCUT2D eigenvalue weighted by Gasteiger charge is -2.27. The van der Waals surface area contributed by atoms with Crippen molar-refractivity contribution >= 4 is 41.5 Å². The summed E-state index contributed by atoms with van der Waals surface area (Å²) in [7, 11) is 0. The zero-order valence-electron chi connectivity index (χ0n) is 23.0. The summed E-state index contributed by atoms with van der Waals surface area (Å²) < 4.78 is 0. The largest absolute Gasteiger partial charge is 0.481 e. The number of hydrogen-bond acceptors (Lipinski definition) is 7. The minimum atomic E-state index is -1.54. The Morgan fingerprint density at radius 2 is 1.54 bits per heavy atom. The summed E-state index contributed by atoms with van der Waals surface area (Å²) in [5.74, 6) is -5.75. The lowest BCUT2D eigenvalue weighted by molar-refractivity contribution is -0.141. The number of carboxylic acids is 1. The molecule has 1 saturated heterocycles. The van der Waals surface area contributed by atoms with Crippen molar-refractivity contribution in [3.63, 3.8) is 0 Å². The number of carboxylic acid groups (broad SMARTS) is 1. The van der Waals surface area contributed by atoms with E-state index in [1.54, 1.807) is 44.2 Å². The SMILES string of the molecule is CC(C)[C@@H]1NC(=O)[C@H](CCCN=C(N)N)NC(=O)CNC(=O)[C@H](CC(=O)O)NC(=O)[C@@H](Cc2ccccc2)NC1=O. The van der Waals surface area contributed by atoms with Crippen LogP contribution in [0.3, 0.4) is 0 Å². The molecule has 41 heavy (non-hydrogen) atoms. The zero-order chi connectivity index (χ0) is 30.5. The van der Waals surface area contributed by atoms with Crippen LogP contribution in [0.15, 0.2) is 35.3 Å². The van der Waals surface area contributed by atoms with E-state index in [0.717, 1.165) is 0 Å². The maximum Gasteiger partial charge on any atom is 0.305 e. The van der Waals surface area contributed by atoms with Gasteiger partial charge in [0.25, 0.3) is 0 Å². The smallest absolute Gasteiger partial charge is 0.305 e. The highest BCUT2D eigenvalue weighted by Gasteiger charge is 2.34. The molecule has 1 fully saturated rings. The number of benzene rings is 1. The topological polar surface area (TPSA) is 247 Å². The number of nitrogens with two attached hydrogens (primary N) is 2. The number of carbonyl (C=O) groups is 6. The van der Waals surface area contributed by atoms with Crippen molar-refractivity contribution in [2.45, 2.75) is 63.7 Å². The van der Waals surface area contributed by atoms with Crippen molar-refractivity contribution in [2.75, 3.05) is 13.1 Å². The second-order valence-electron chi connectivity index (χ2n) is 9.93. The Balaban J connectivity index is 2.43.